The molecule has 136 valence electrons. The maximum Gasteiger partial charge on any atom is 0.230 e. The Morgan fingerprint density at radius 3 is 3.00 bits per heavy atom. The summed E-state index contributed by atoms with van der Waals surface area (Å²) in [7, 11) is 0. The van der Waals surface area contributed by atoms with Crippen LogP contribution >= 0.6 is 11.8 Å². The maximum atomic E-state index is 13.2. The van der Waals surface area contributed by atoms with E-state index < -0.39 is 11.5 Å². The minimum Gasteiger partial charge on any atom is -0.360 e. The molecule has 0 N–H and O–H groups in total. The molecule has 5 rings (SSSR count). The molecule has 2 amide bonds. The normalized spacial score (nSPS) is 35.2. The number of nitrogens with zero attached hydrogens (tertiary/aromatic N) is 3. The van der Waals surface area contributed by atoms with Crippen LogP contribution in [0.4, 0.5) is 0 Å². The van der Waals surface area contributed by atoms with E-state index in [0.29, 0.717) is 13.1 Å². The van der Waals surface area contributed by atoms with Crippen LogP contribution in [-0.2, 0) is 20.9 Å². The van der Waals surface area contributed by atoms with Crippen molar-refractivity contribution in [2.75, 3.05) is 31.1 Å². The molecular weight excluding hydrogens is 350 g/mol. The van der Waals surface area contributed by atoms with Gasteiger partial charge in [0.1, 0.15) is 5.60 Å². The number of rotatable bonds is 3. The topological polar surface area (TPSA) is 62.7 Å². The summed E-state index contributed by atoms with van der Waals surface area (Å²) in [6, 6.07) is 3.84. The smallest absolute Gasteiger partial charge is 0.230 e. The lowest BCUT2D eigenvalue weighted by molar-refractivity contribution is -0.143. The van der Waals surface area contributed by atoms with E-state index >= 15 is 0 Å². The molecule has 0 unspecified atom stereocenters. The second-order valence-corrected chi connectivity index (χ2v) is 8.62. The van der Waals surface area contributed by atoms with E-state index in [0.717, 1.165) is 30.2 Å². The van der Waals surface area contributed by atoms with E-state index in [-0.39, 0.29) is 23.8 Å². The Bertz CT molecular complexity index is 765. The molecule has 1 aromatic heterocycles. The minimum atomic E-state index is -0.630. The van der Waals surface area contributed by atoms with Gasteiger partial charge in [0, 0.05) is 43.5 Å². The highest BCUT2D eigenvalue weighted by molar-refractivity contribution is 7.99. The van der Waals surface area contributed by atoms with E-state index in [1.54, 1.807) is 12.4 Å². The summed E-state index contributed by atoms with van der Waals surface area (Å²) in [5, 5.41) is 0. The zero-order chi connectivity index (χ0) is 17.7. The Morgan fingerprint density at radius 1 is 1.38 bits per heavy atom. The monoisotopic (exact) mass is 371 g/mol. The van der Waals surface area contributed by atoms with E-state index in [1.807, 2.05) is 45.8 Å². The van der Waals surface area contributed by atoms with Gasteiger partial charge < -0.3 is 14.5 Å². The molecule has 0 radical (unpaired) electrons. The predicted molar refractivity (Wildman–Crippen MR) is 97.3 cm³/mol. The molecule has 4 aliphatic rings. The molecule has 0 aromatic carbocycles. The minimum absolute atomic E-state index is 0.0328. The summed E-state index contributed by atoms with van der Waals surface area (Å²) in [5.41, 5.74) is 0.362. The number of amides is 2. The third-order valence-corrected chi connectivity index (χ3v) is 6.83. The van der Waals surface area contributed by atoms with Gasteiger partial charge in [0.15, 0.2) is 0 Å². The van der Waals surface area contributed by atoms with Gasteiger partial charge in [0.05, 0.1) is 24.5 Å². The van der Waals surface area contributed by atoms with Crippen LogP contribution in [0.3, 0.4) is 0 Å². The summed E-state index contributed by atoms with van der Waals surface area (Å²) < 4.78 is 6.20. The Morgan fingerprint density at radius 2 is 2.23 bits per heavy atom. The molecule has 3 saturated heterocycles. The van der Waals surface area contributed by atoms with Crippen molar-refractivity contribution in [1.29, 1.82) is 0 Å². The molecular formula is C19H21N3O3S. The first-order valence-corrected chi connectivity index (χ1v) is 10.2. The summed E-state index contributed by atoms with van der Waals surface area (Å²) in [5.74, 6) is 1.28. The van der Waals surface area contributed by atoms with E-state index in [1.165, 1.54) is 0 Å². The number of thioether (sulfide) groups is 1. The fraction of sp³-hybridized carbons (Fsp3) is 0.526. The van der Waals surface area contributed by atoms with Gasteiger partial charge >= 0.3 is 0 Å². The zero-order valence-corrected chi connectivity index (χ0v) is 15.2. The average molecular weight is 371 g/mol. The van der Waals surface area contributed by atoms with Crippen molar-refractivity contribution in [2.45, 2.75) is 18.2 Å². The Kier molecular flexibility index (Phi) is 3.83. The molecule has 4 aliphatic heterocycles. The van der Waals surface area contributed by atoms with Crippen LogP contribution in [0.5, 0.6) is 0 Å². The Hall–Kier alpha value is -1.86. The number of carbonyl (C=O) groups excluding carboxylic acids is 2. The first kappa shape index (κ1) is 16.3. The fourth-order valence-corrected chi connectivity index (χ4v) is 5.60. The second kappa shape index (κ2) is 6.09. The van der Waals surface area contributed by atoms with Crippen molar-refractivity contribution >= 4 is 23.6 Å². The molecule has 2 bridgehead atoms. The molecule has 6 nitrogen and oxygen atoms in total. The third kappa shape index (κ3) is 2.41. The molecule has 0 saturated carbocycles. The van der Waals surface area contributed by atoms with Crippen LogP contribution in [0.25, 0.3) is 0 Å². The fourth-order valence-electron chi connectivity index (χ4n) is 4.70. The van der Waals surface area contributed by atoms with Gasteiger partial charge in [-0.15, -0.1) is 0 Å². The van der Waals surface area contributed by atoms with Gasteiger partial charge in [0.25, 0.3) is 0 Å². The molecule has 1 spiro atoms. The molecule has 5 heterocycles. The van der Waals surface area contributed by atoms with Crippen LogP contribution in [0.1, 0.15) is 5.56 Å². The number of fused-ring (bicyclic) bond motifs is 1. The van der Waals surface area contributed by atoms with E-state index in [9.17, 15) is 9.59 Å². The maximum absolute atomic E-state index is 13.2. The molecule has 0 aliphatic carbocycles. The quantitative estimate of drug-likeness (QED) is 0.740. The van der Waals surface area contributed by atoms with Crippen molar-refractivity contribution in [1.82, 2.24) is 14.8 Å². The Labute approximate surface area is 156 Å². The summed E-state index contributed by atoms with van der Waals surface area (Å²) in [6.07, 6.45) is 7.24. The first-order chi connectivity index (χ1) is 12.7. The van der Waals surface area contributed by atoms with E-state index in [4.69, 9.17) is 4.74 Å². The number of pyridine rings is 1. The standard InChI is InChI=1S/C19H21N3O3S/c23-17(21-6-8-26-9-7-21)15-14-3-4-19(25-14)12-22(18(24)16(15)19)11-13-2-1-5-20-10-13/h1-5,10,14-16H,6-9,11-12H2/t14-,15+,16-,19-/m0/s1. The highest BCUT2D eigenvalue weighted by Gasteiger charge is 2.67. The molecule has 7 heteroatoms. The largest absolute Gasteiger partial charge is 0.360 e. The van der Waals surface area contributed by atoms with Gasteiger partial charge in [-0.25, -0.2) is 0 Å². The lowest BCUT2D eigenvalue weighted by atomic mass is 9.76. The van der Waals surface area contributed by atoms with Crippen LogP contribution in [0, 0.1) is 11.8 Å². The van der Waals surface area contributed by atoms with Gasteiger partial charge in [-0.1, -0.05) is 18.2 Å². The number of aromatic nitrogens is 1. The number of carbonyl (C=O) groups is 2. The van der Waals surface area contributed by atoms with Crippen LogP contribution in [0.15, 0.2) is 36.7 Å². The van der Waals surface area contributed by atoms with Crippen LogP contribution in [-0.4, -0.2) is 69.4 Å². The predicted octanol–water partition coefficient (Wildman–Crippen LogP) is 0.939. The van der Waals surface area contributed by atoms with Crippen molar-refractivity contribution in [3.8, 4) is 0 Å². The summed E-state index contributed by atoms with van der Waals surface area (Å²) in [4.78, 5) is 34.2. The van der Waals surface area contributed by atoms with E-state index in [2.05, 4.69) is 4.98 Å². The van der Waals surface area contributed by atoms with Crippen LogP contribution < -0.4 is 0 Å². The number of hydrogen-bond acceptors (Lipinski definition) is 5. The number of hydrogen-bond donors (Lipinski definition) is 0. The zero-order valence-electron chi connectivity index (χ0n) is 14.4. The van der Waals surface area contributed by atoms with Crippen molar-refractivity contribution < 1.29 is 14.3 Å². The summed E-state index contributed by atoms with van der Waals surface area (Å²) in [6.45, 7) is 2.56. The van der Waals surface area contributed by atoms with Gasteiger partial charge in [-0.2, -0.15) is 11.8 Å². The van der Waals surface area contributed by atoms with Crippen molar-refractivity contribution in [2.24, 2.45) is 11.8 Å². The highest BCUT2D eigenvalue weighted by Crippen LogP contribution is 2.52. The second-order valence-electron chi connectivity index (χ2n) is 7.39. The number of likely N-dealkylation sites (tertiary alicyclic amines) is 1. The van der Waals surface area contributed by atoms with Crippen molar-refractivity contribution in [3.05, 3.63) is 42.2 Å². The molecule has 3 fully saturated rings. The van der Waals surface area contributed by atoms with Gasteiger partial charge in [-0.05, 0) is 11.6 Å². The molecule has 26 heavy (non-hydrogen) atoms. The lowest BCUT2D eigenvalue weighted by Gasteiger charge is -2.32. The van der Waals surface area contributed by atoms with Crippen LogP contribution in [0.2, 0.25) is 0 Å². The lowest BCUT2D eigenvalue weighted by Crippen LogP contribution is -2.48. The SMILES string of the molecule is O=C([C@@H]1[C@@H]2C=C[C@@]3(CN(Cc4cccnc4)C(=O)[C@H]13)O2)N1CCSCC1. The summed E-state index contributed by atoms with van der Waals surface area (Å²) >= 11 is 1.87. The highest BCUT2D eigenvalue weighted by atomic mass is 32.2. The molecule has 1 aromatic rings. The third-order valence-electron chi connectivity index (χ3n) is 5.88. The van der Waals surface area contributed by atoms with Gasteiger partial charge in [0.2, 0.25) is 11.8 Å². The van der Waals surface area contributed by atoms with Gasteiger partial charge in [-0.3, -0.25) is 14.6 Å². The van der Waals surface area contributed by atoms with Crippen molar-refractivity contribution in [3.63, 3.8) is 0 Å². The first-order valence-electron chi connectivity index (χ1n) is 9.09. The Balaban J connectivity index is 1.40. The average Bonchev–Trinajstić information content (AvgIpc) is 3.31. The number of ether oxygens (including phenoxy) is 1. The molecule has 4 atom stereocenters.